The molecule has 1 aliphatic heterocycles. The molecule has 1 heterocycles. The summed E-state index contributed by atoms with van der Waals surface area (Å²) >= 11 is 0. The third-order valence-corrected chi connectivity index (χ3v) is 5.36. The standard InChI is InChI=1S/C22H32N2O2/c1-6-16-17(7-2)20(19-11-9-8-10-18(16)19)23-12-14-24(15-13-23)21(25)26-22(3,4)5/h8-11,20H,6-7,12-15H2,1-5H3. The van der Waals surface area contributed by atoms with E-state index in [9.17, 15) is 4.79 Å². The molecule has 4 heteroatoms. The molecule has 1 unspecified atom stereocenters. The minimum atomic E-state index is -0.438. The van der Waals surface area contributed by atoms with Crippen LogP contribution in [0.15, 0.2) is 29.8 Å². The van der Waals surface area contributed by atoms with Crippen molar-refractivity contribution in [1.82, 2.24) is 9.80 Å². The Morgan fingerprint density at radius 2 is 1.73 bits per heavy atom. The largest absolute Gasteiger partial charge is 0.444 e. The van der Waals surface area contributed by atoms with Crippen molar-refractivity contribution >= 4 is 11.7 Å². The first-order valence-corrected chi connectivity index (χ1v) is 9.89. The van der Waals surface area contributed by atoms with Gasteiger partial charge in [0.05, 0.1) is 6.04 Å². The van der Waals surface area contributed by atoms with Gasteiger partial charge in [-0.1, -0.05) is 38.1 Å². The van der Waals surface area contributed by atoms with Crippen molar-refractivity contribution in [2.75, 3.05) is 26.2 Å². The zero-order valence-electron chi connectivity index (χ0n) is 16.8. The average Bonchev–Trinajstić information content (AvgIpc) is 2.93. The summed E-state index contributed by atoms with van der Waals surface area (Å²) in [4.78, 5) is 16.7. The van der Waals surface area contributed by atoms with Gasteiger partial charge in [0, 0.05) is 26.2 Å². The van der Waals surface area contributed by atoms with E-state index < -0.39 is 5.60 Å². The number of carbonyl (C=O) groups excluding carboxylic acids is 1. The second-order valence-electron chi connectivity index (χ2n) is 8.20. The summed E-state index contributed by atoms with van der Waals surface area (Å²) in [5.41, 5.74) is 5.49. The Bertz CT molecular complexity index is 694. The summed E-state index contributed by atoms with van der Waals surface area (Å²) in [6.45, 7) is 13.5. The molecule has 0 aromatic heterocycles. The summed E-state index contributed by atoms with van der Waals surface area (Å²) in [6.07, 6.45) is 1.97. The highest BCUT2D eigenvalue weighted by Gasteiger charge is 2.36. The van der Waals surface area contributed by atoms with Crippen LogP contribution in [-0.2, 0) is 4.74 Å². The molecule has 2 aliphatic rings. The Kier molecular flexibility index (Phi) is 5.42. The van der Waals surface area contributed by atoms with Crippen LogP contribution in [0.2, 0.25) is 0 Å². The molecule has 1 saturated heterocycles. The summed E-state index contributed by atoms with van der Waals surface area (Å²) < 4.78 is 5.53. The van der Waals surface area contributed by atoms with Crippen LogP contribution in [-0.4, -0.2) is 47.7 Å². The topological polar surface area (TPSA) is 32.8 Å². The van der Waals surface area contributed by atoms with E-state index in [4.69, 9.17) is 4.74 Å². The highest BCUT2D eigenvalue weighted by atomic mass is 16.6. The van der Waals surface area contributed by atoms with Crippen LogP contribution in [0, 0.1) is 0 Å². The minimum Gasteiger partial charge on any atom is -0.444 e. The average molecular weight is 357 g/mol. The van der Waals surface area contributed by atoms with E-state index in [1.165, 1.54) is 16.7 Å². The summed E-state index contributed by atoms with van der Waals surface area (Å²) in [6, 6.07) is 9.20. The maximum Gasteiger partial charge on any atom is 0.410 e. The molecule has 142 valence electrons. The van der Waals surface area contributed by atoms with Crippen LogP contribution >= 0.6 is 0 Å². The van der Waals surface area contributed by atoms with Crippen molar-refractivity contribution in [1.29, 1.82) is 0 Å². The molecule has 4 nitrogen and oxygen atoms in total. The first kappa shape index (κ1) is 19.0. The van der Waals surface area contributed by atoms with Gasteiger partial charge in [0.25, 0.3) is 0 Å². The fraction of sp³-hybridized carbons (Fsp3) is 0.591. The van der Waals surface area contributed by atoms with Gasteiger partial charge in [-0.05, 0) is 55.9 Å². The number of ether oxygens (including phenoxy) is 1. The van der Waals surface area contributed by atoms with Crippen LogP contribution in [0.4, 0.5) is 4.79 Å². The second kappa shape index (κ2) is 7.43. The summed E-state index contributed by atoms with van der Waals surface area (Å²) in [5.74, 6) is 0. The number of benzene rings is 1. The third-order valence-electron chi connectivity index (χ3n) is 5.36. The van der Waals surface area contributed by atoms with Crippen molar-refractivity contribution in [2.45, 2.75) is 59.1 Å². The van der Waals surface area contributed by atoms with Gasteiger partial charge >= 0.3 is 6.09 Å². The Labute approximate surface area is 157 Å². The molecule has 0 saturated carbocycles. The van der Waals surface area contributed by atoms with Gasteiger partial charge in [-0.3, -0.25) is 4.90 Å². The van der Waals surface area contributed by atoms with Crippen LogP contribution in [0.25, 0.3) is 5.57 Å². The monoisotopic (exact) mass is 356 g/mol. The quantitative estimate of drug-likeness (QED) is 0.775. The number of carbonyl (C=O) groups is 1. The van der Waals surface area contributed by atoms with Crippen LogP contribution < -0.4 is 0 Å². The van der Waals surface area contributed by atoms with Gasteiger partial charge in [-0.25, -0.2) is 4.79 Å². The highest BCUT2D eigenvalue weighted by Crippen LogP contribution is 2.46. The molecule has 1 fully saturated rings. The van der Waals surface area contributed by atoms with Crippen LogP contribution in [0.1, 0.15) is 64.6 Å². The van der Waals surface area contributed by atoms with Gasteiger partial charge < -0.3 is 9.64 Å². The van der Waals surface area contributed by atoms with E-state index in [0.717, 1.165) is 39.0 Å². The van der Waals surface area contributed by atoms with Gasteiger partial charge in [0.15, 0.2) is 0 Å². The SMILES string of the molecule is CCC1=C(CC)C(N2CCN(C(=O)OC(C)(C)C)CC2)c2ccccc21. The lowest BCUT2D eigenvalue weighted by Crippen LogP contribution is -2.50. The fourth-order valence-corrected chi connectivity index (χ4v) is 4.27. The second-order valence-corrected chi connectivity index (χ2v) is 8.20. The zero-order valence-corrected chi connectivity index (χ0v) is 16.8. The minimum absolute atomic E-state index is 0.190. The smallest absolute Gasteiger partial charge is 0.410 e. The molecular weight excluding hydrogens is 324 g/mol. The number of allylic oxidation sites excluding steroid dienone is 1. The number of hydrogen-bond acceptors (Lipinski definition) is 3. The first-order chi connectivity index (χ1) is 12.4. The molecule has 1 atom stereocenters. The third kappa shape index (κ3) is 3.66. The number of amides is 1. The zero-order chi connectivity index (χ0) is 18.9. The molecule has 26 heavy (non-hydrogen) atoms. The molecule has 0 radical (unpaired) electrons. The molecule has 0 spiro atoms. The Morgan fingerprint density at radius 1 is 1.08 bits per heavy atom. The molecule has 0 bridgehead atoms. The van der Waals surface area contributed by atoms with E-state index >= 15 is 0 Å². The highest BCUT2D eigenvalue weighted by molar-refractivity contribution is 5.78. The lowest BCUT2D eigenvalue weighted by Gasteiger charge is -2.39. The van der Waals surface area contributed by atoms with Crippen LogP contribution in [0.3, 0.4) is 0 Å². The molecule has 1 amide bonds. The lowest BCUT2D eigenvalue weighted by molar-refractivity contribution is 0.0118. The molecule has 0 N–H and O–H groups in total. The Morgan fingerprint density at radius 3 is 2.31 bits per heavy atom. The van der Waals surface area contributed by atoms with Gasteiger partial charge in [-0.15, -0.1) is 0 Å². The predicted octanol–water partition coefficient (Wildman–Crippen LogP) is 4.87. The summed E-state index contributed by atoms with van der Waals surface area (Å²) in [5, 5.41) is 0. The maximum atomic E-state index is 12.3. The molecule has 1 aliphatic carbocycles. The number of fused-ring (bicyclic) bond motifs is 1. The van der Waals surface area contributed by atoms with Crippen molar-refractivity contribution in [2.24, 2.45) is 0 Å². The molecular formula is C22H32N2O2. The fourth-order valence-electron chi connectivity index (χ4n) is 4.27. The molecule has 1 aromatic rings. The number of nitrogens with zero attached hydrogens (tertiary/aromatic N) is 2. The van der Waals surface area contributed by atoms with Gasteiger partial charge in [0.2, 0.25) is 0 Å². The first-order valence-electron chi connectivity index (χ1n) is 9.89. The van der Waals surface area contributed by atoms with E-state index in [2.05, 4.69) is 43.0 Å². The summed E-state index contributed by atoms with van der Waals surface area (Å²) in [7, 11) is 0. The number of piperazine rings is 1. The van der Waals surface area contributed by atoms with Crippen LogP contribution in [0.5, 0.6) is 0 Å². The lowest BCUT2D eigenvalue weighted by atomic mass is 9.99. The number of rotatable bonds is 3. The van der Waals surface area contributed by atoms with E-state index in [1.807, 2.05) is 25.7 Å². The van der Waals surface area contributed by atoms with Gasteiger partial charge in [0.1, 0.15) is 5.60 Å². The van der Waals surface area contributed by atoms with Crippen molar-refractivity contribution in [3.63, 3.8) is 0 Å². The van der Waals surface area contributed by atoms with E-state index in [-0.39, 0.29) is 6.09 Å². The molecule has 3 rings (SSSR count). The number of hydrogen-bond donors (Lipinski definition) is 0. The normalized spacial score (nSPS) is 21.1. The molecule has 1 aromatic carbocycles. The van der Waals surface area contributed by atoms with Crippen molar-refractivity contribution in [3.8, 4) is 0 Å². The van der Waals surface area contributed by atoms with Crippen molar-refractivity contribution in [3.05, 3.63) is 41.0 Å². The Balaban J connectivity index is 1.75. The Hall–Kier alpha value is -1.81. The maximum absolute atomic E-state index is 12.3. The van der Waals surface area contributed by atoms with Gasteiger partial charge in [-0.2, -0.15) is 0 Å². The van der Waals surface area contributed by atoms with E-state index in [1.54, 1.807) is 5.57 Å². The van der Waals surface area contributed by atoms with Crippen molar-refractivity contribution < 1.29 is 9.53 Å². The predicted molar refractivity (Wildman–Crippen MR) is 106 cm³/mol. The van der Waals surface area contributed by atoms with E-state index in [0.29, 0.717) is 6.04 Å².